The van der Waals surface area contributed by atoms with Gasteiger partial charge in [-0.25, -0.2) is 9.69 Å². The number of hydrogen-bond donors (Lipinski definition) is 1. The Kier molecular flexibility index (Phi) is 2.09. The van der Waals surface area contributed by atoms with Crippen LogP contribution in [0.5, 0.6) is 0 Å². The van der Waals surface area contributed by atoms with Gasteiger partial charge in [-0.15, -0.1) is 0 Å². The average Bonchev–Trinajstić information content (AvgIpc) is 2.25. The van der Waals surface area contributed by atoms with Gasteiger partial charge in [0.1, 0.15) is 12.3 Å². The molecular weight excluding hydrogens is 164 g/mol. The first-order valence-corrected chi connectivity index (χ1v) is 3.27. The second-order valence-corrected chi connectivity index (χ2v) is 2.45. The molecule has 0 aromatic rings. The molecule has 66 valence electrons. The van der Waals surface area contributed by atoms with E-state index in [1.165, 1.54) is 7.05 Å². The van der Waals surface area contributed by atoms with Crippen molar-refractivity contribution in [1.29, 1.82) is 0 Å². The predicted molar refractivity (Wildman–Crippen MR) is 36.9 cm³/mol. The Balaban J connectivity index is 2.92. The van der Waals surface area contributed by atoms with E-state index in [9.17, 15) is 19.5 Å². The van der Waals surface area contributed by atoms with E-state index in [0.717, 1.165) is 4.90 Å². The van der Waals surface area contributed by atoms with Crippen LogP contribution >= 0.6 is 0 Å². The topological polar surface area (TPSA) is 77.9 Å². The summed E-state index contributed by atoms with van der Waals surface area (Å²) in [6, 6.07) is -1.63. The summed E-state index contributed by atoms with van der Waals surface area (Å²) < 4.78 is 0. The van der Waals surface area contributed by atoms with Gasteiger partial charge in [0, 0.05) is 7.05 Å². The Morgan fingerprint density at radius 3 is 2.33 bits per heavy atom. The number of imide groups is 1. The zero-order valence-electron chi connectivity index (χ0n) is 6.38. The minimum absolute atomic E-state index is 0.201. The minimum atomic E-state index is -1.36. The normalized spacial score (nSPS) is 29.3. The van der Waals surface area contributed by atoms with E-state index >= 15 is 0 Å². The van der Waals surface area contributed by atoms with Crippen LogP contribution in [-0.2, 0) is 9.59 Å². The van der Waals surface area contributed by atoms with E-state index in [1.807, 2.05) is 0 Å². The molecule has 0 spiro atoms. The van der Waals surface area contributed by atoms with E-state index in [-0.39, 0.29) is 6.41 Å². The zero-order valence-corrected chi connectivity index (χ0v) is 6.38. The summed E-state index contributed by atoms with van der Waals surface area (Å²) in [4.78, 5) is 33.2. The van der Waals surface area contributed by atoms with Gasteiger partial charge in [0.05, 0.1) is 0 Å². The van der Waals surface area contributed by atoms with Gasteiger partial charge in [-0.1, -0.05) is 0 Å². The number of aliphatic hydroxyl groups excluding tert-OH is 1. The lowest BCUT2D eigenvalue weighted by molar-refractivity contribution is -0.123. The Morgan fingerprint density at radius 2 is 2.08 bits per heavy atom. The smallest absolute Gasteiger partial charge is 0.329 e. The molecule has 0 bridgehead atoms. The summed E-state index contributed by atoms with van der Waals surface area (Å²) in [5, 5.41) is 9.19. The van der Waals surface area contributed by atoms with Crippen LogP contribution in [0.25, 0.3) is 0 Å². The van der Waals surface area contributed by atoms with E-state index < -0.39 is 18.3 Å². The highest BCUT2D eigenvalue weighted by molar-refractivity contribution is 5.90. The number of rotatable bonds is 2. The summed E-state index contributed by atoms with van der Waals surface area (Å²) in [5.41, 5.74) is 0. The number of hydrogen-bond acceptors (Lipinski definition) is 4. The van der Waals surface area contributed by atoms with Crippen molar-refractivity contribution in [1.82, 2.24) is 9.80 Å². The van der Waals surface area contributed by atoms with Gasteiger partial charge in [-0.05, 0) is 0 Å². The van der Waals surface area contributed by atoms with Gasteiger partial charge in [-0.3, -0.25) is 4.79 Å². The standard InChI is InChI=1S/C6H8N2O4/c1-7-4(2-9)5(11)8(3-10)6(7)12/h2-5,11H,1H3. The summed E-state index contributed by atoms with van der Waals surface area (Å²) in [7, 11) is 1.34. The van der Waals surface area contributed by atoms with Crippen molar-refractivity contribution in [3.8, 4) is 0 Å². The molecule has 1 rings (SSSR count). The molecule has 0 saturated carbocycles. The first kappa shape index (κ1) is 8.66. The monoisotopic (exact) mass is 172 g/mol. The van der Waals surface area contributed by atoms with Crippen molar-refractivity contribution in [2.45, 2.75) is 12.3 Å². The second-order valence-electron chi connectivity index (χ2n) is 2.45. The highest BCUT2D eigenvalue weighted by atomic mass is 16.3. The van der Waals surface area contributed by atoms with Gasteiger partial charge in [0.25, 0.3) is 0 Å². The maximum atomic E-state index is 11.0. The molecule has 0 aliphatic carbocycles. The number of amides is 3. The third kappa shape index (κ3) is 0.964. The first-order valence-electron chi connectivity index (χ1n) is 3.27. The van der Waals surface area contributed by atoms with Crippen molar-refractivity contribution < 1.29 is 19.5 Å². The van der Waals surface area contributed by atoms with E-state index in [2.05, 4.69) is 0 Å². The Morgan fingerprint density at radius 1 is 1.50 bits per heavy atom. The summed E-state index contributed by atoms with van der Waals surface area (Å²) in [6.45, 7) is 0. The van der Waals surface area contributed by atoms with Crippen molar-refractivity contribution in [2.24, 2.45) is 0 Å². The molecule has 1 aliphatic rings. The fourth-order valence-electron chi connectivity index (χ4n) is 1.06. The molecule has 12 heavy (non-hydrogen) atoms. The molecule has 0 radical (unpaired) electrons. The van der Waals surface area contributed by atoms with Crippen LogP contribution in [0.1, 0.15) is 0 Å². The minimum Gasteiger partial charge on any atom is -0.370 e. The first-order chi connectivity index (χ1) is 5.63. The van der Waals surface area contributed by atoms with Crippen LogP contribution in [0, 0.1) is 0 Å². The number of carbonyl (C=O) groups is 3. The van der Waals surface area contributed by atoms with E-state index in [1.54, 1.807) is 0 Å². The van der Waals surface area contributed by atoms with E-state index in [4.69, 9.17) is 0 Å². The zero-order chi connectivity index (χ0) is 9.30. The van der Waals surface area contributed by atoms with E-state index in [0.29, 0.717) is 11.2 Å². The lowest BCUT2D eigenvalue weighted by Gasteiger charge is -2.12. The molecule has 6 heteroatoms. The van der Waals surface area contributed by atoms with Crippen molar-refractivity contribution in [3.05, 3.63) is 0 Å². The van der Waals surface area contributed by atoms with Gasteiger partial charge in [-0.2, -0.15) is 0 Å². The molecular formula is C6H8N2O4. The molecule has 0 aromatic carbocycles. The summed E-state index contributed by atoms with van der Waals surface area (Å²) in [5.74, 6) is 0. The second kappa shape index (κ2) is 2.90. The number of aldehydes is 1. The Bertz CT molecular complexity index is 230. The third-order valence-electron chi connectivity index (χ3n) is 1.81. The molecule has 0 aromatic heterocycles. The van der Waals surface area contributed by atoms with Gasteiger partial charge in [0.2, 0.25) is 6.41 Å². The van der Waals surface area contributed by atoms with Gasteiger partial charge in [0.15, 0.2) is 6.23 Å². The highest BCUT2D eigenvalue weighted by Gasteiger charge is 2.42. The summed E-state index contributed by atoms with van der Waals surface area (Å²) >= 11 is 0. The maximum absolute atomic E-state index is 11.0. The lowest BCUT2D eigenvalue weighted by Crippen LogP contribution is -2.36. The van der Waals surface area contributed by atoms with Crippen LogP contribution in [0.3, 0.4) is 0 Å². The molecule has 6 nitrogen and oxygen atoms in total. The Hall–Kier alpha value is -1.43. The van der Waals surface area contributed by atoms with Crippen LogP contribution in [-0.4, -0.2) is 53.0 Å². The molecule has 1 fully saturated rings. The highest BCUT2D eigenvalue weighted by Crippen LogP contribution is 2.15. The number of carbonyl (C=O) groups excluding carboxylic acids is 3. The van der Waals surface area contributed by atoms with Gasteiger partial charge >= 0.3 is 6.03 Å². The molecule has 2 atom stereocenters. The lowest BCUT2D eigenvalue weighted by atomic mass is 10.3. The fraction of sp³-hybridized carbons (Fsp3) is 0.500. The van der Waals surface area contributed by atoms with Crippen molar-refractivity contribution in [2.75, 3.05) is 7.05 Å². The molecule has 2 unspecified atom stereocenters. The van der Waals surface area contributed by atoms with Crippen molar-refractivity contribution in [3.63, 3.8) is 0 Å². The maximum Gasteiger partial charge on any atom is 0.329 e. The Labute approximate surface area is 68.4 Å². The average molecular weight is 172 g/mol. The SMILES string of the molecule is CN1C(=O)N(C=O)C(O)C1C=O. The number of nitrogens with zero attached hydrogens (tertiary/aromatic N) is 2. The van der Waals surface area contributed by atoms with Crippen LogP contribution < -0.4 is 0 Å². The van der Waals surface area contributed by atoms with Gasteiger partial charge < -0.3 is 14.8 Å². The summed E-state index contributed by atoms with van der Waals surface area (Å²) in [6.07, 6.45) is -0.739. The van der Waals surface area contributed by atoms with Crippen molar-refractivity contribution >= 4 is 18.7 Å². The number of urea groups is 1. The number of aliphatic hydroxyl groups is 1. The molecule has 3 amide bonds. The number of likely N-dealkylation sites (N-methyl/N-ethyl adjacent to an activating group) is 1. The fourth-order valence-corrected chi connectivity index (χ4v) is 1.06. The van der Waals surface area contributed by atoms with Crippen LogP contribution in [0.4, 0.5) is 4.79 Å². The predicted octanol–water partition coefficient (Wildman–Crippen LogP) is -1.60. The molecule has 1 aliphatic heterocycles. The van der Waals surface area contributed by atoms with Crippen LogP contribution in [0.2, 0.25) is 0 Å². The third-order valence-corrected chi connectivity index (χ3v) is 1.81. The molecule has 1 saturated heterocycles. The quantitative estimate of drug-likeness (QED) is 0.508. The van der Waals surface area contributed by atoms with Crippen LogP contribution in [0.15, 0.2) is 0 Å². The largest absolute Gasteiger partial charge is 0.370 e. The molecule has 1 N–H and O–H groups in total. The molecule has 1 heterocycles.